The lowest BCUT2D eigenvalue weighted by Crippen LogP contribution is -2.53. The molecule has 1 aliphatic heterocycles. The van der Waals surface area contributed by atoms with Gasteiger partial charge in [0.05, 0.1) is 13.2 Å². The van der Waals surface area contributed by atoms with Crippen LogP contribution < -0.4 is 5.32 Å². The van der Waals surface area contributed by atoms with Crippen molar-refractivity contribution >= 4 is 5.82 Å². The minimum Gasteiger partial charge on any atom is -0.379 e. The second-order valence-corrected chi connectivity index (χ2v) is 5.16. The maximum absolute atomic E-state index is 5.38. The molecule has 2 fully saturated rings. The average molecular weight is 248 g/mol. The summed E-state index contributed by atoms with van der Waals surface area (Å²) in [6.45, 7) is 5.94. The number of ether oxygens (including phenoxy) is 1. The summed E-state index contributed by atoms with van der Waals surface area (Å²) in [7, 11) is 0. The number of anilines is 1. The number of aryl methyl sites for hydroxylation is 1. The van der Waals surface area contributed by atoms with Gasteiger partial charge < -0.3 is 10.1 Å². The third-order valence-electron chi connectivity index (χ3n) is 3.83. The molecule has 98 valence electrons. The van der Waals surface area contributed by atoms with Gasteiger partial charge in [0.15, 0.2) is 0 Å². The highest BCUT2D eigenvalue weighted by Crippen LogP contribution is 2.28. The number of nitrogens with zero attached hydrogens (tertiary/aromatic N) is 3. The van der Waals surface area contributed by atoms with E-state index in [4.69, 9.17) is 4.74 Å². The van der Waals surface area contributed by atoms with Crippen molar-refractivity contribution in [2.24, 2.45) is 0 Å². The van der Waals surface area contributed by atoms with Crippen LogP contribution in [0.4, 0.5) is 5.82 Å². The lowest BCUT2D eigenvalue weighted by molar-refractivity contribution is -0.00439. The highest BCUT2D eigenvalue weighted by atomic mass is 16.5. The smallest absolute Gasteiger partial charge is 0.129 e. The zero-order valence-electron chi connectivity index (χ0n) is 10.8. The third-order valence-corrected chi connectivity index (χ3v) is 3.83. The summed E-state index contributed by atoms with van der Waals surface area (Å²) in [5.74, 6) is 0.952. The van der Waals surface area contributed by atoms with Gasteiger partial charge in [-0.25, -0.2) is 9.97 Å². The van der Waals surface area contributed by atoms with Crippen molar-refractivity contribution in [1.82, 2.24) is 14.9 Å². The van der Waals surface area contributed by atoms with E-state index in [1.54, 1.807) is 6.33 Å². The van der Waals surface area contributed by atoms with Gasteiger partial charge in [-0.05, 0) is 19.8 Å². The summed E-state index contributed by atoms with van der Waals surface area (Å²) < 4.78 is 5.38. The fourth-order valence-corrected chi connectivity index (χ4v) is 2.69. The molecule has 0 amide bonds. The summed E-state index contributed by atoms with van der Waals surface area (Å²) in [5.41, 5.74) is 1.01. The molecule has 0 bridgehead atoms. The Morgan fingerprint density at radius 2 is 2.06 bits per heavy atom. The second kappa shape index (κ2) is 5.20. The molecule has 0 spiro atoms. The van der Waals surface area contributed by atoms with Crippen LogP contribution in [0.2, 0.25) is 0 Å². The van der Waals surface area contributed by atoms with E-state index in [1.165, 1.54) is 12.8 Å². The first-order valence-electron chi connectivity index (χ1n) is 6.68. The predicted molar refractivity (Wildman–Crippen MR) is 69.6 cm³/mol. The molecule has 0 unspecified atom stereocenters. The van der Waals surface area contributed by atoms with Crippen molar-refractivity contribution in [1.29, 1.82) is 0 Å². The molecule has 18 heavy (non-hydrogen) atoms. The largest absolute Gasteiger partial charge is 0.379 e. The van der Waals surface area contributed by atoms with Crippen LogP contribution in [-0.4, -0.2) is 53.3 Å². The van der Waals surface area contributed by atoms with E-state index < -0.39 is 0 Å². The van der Waals surface area contributed by atoms with E-state index in [0.29, 0.717) is 6.04 Å². The quantitative estimate of drug-likeness (QED) is 0.867. The molecule has 1 saturated heterocycles. The first-order valence-corrected chi connectivity index (χ1v) is 6.68. The standard InChI is InChI=1S/C13H20N4O/c1-10-6-13(15-9-14-10)16-11-7-12(8-11)17-2-4-18-5-3-17/h6,9,11-12H,2-5,7-8H2,1H3,(H,14,15,16)/t11-,12+. The highest BCUT2D eigenvalue weighted by molar-refractivity contribution is 5.36. The number of hydrogen-bond donors (Lipinski definition) is 1. The minimum absolute atomic E-state index is 0.562. The summed E-state index contributed by atoms with van der Waals surface area (Å²) in [5, 5.41) is 3.48. The van der Waals surface area contributed by atoms with Crippen molar-refractivity contribution in [2.45, 2.75) is 31.8 Å². The molecule has 5 nitrogen and oxygen atoms in total. The Labute approximate surface area is 108 Å². The van der Waals surface area contributed by atoms with Gasteiger partial charge in [0.25, 0.3) is 0 Å². The van der Waals surface area contributed by atoms with Crippen molar-refractivity contribution in [3.8, 4) is 0 Å². The van der Waals surface area contributed by atoms with Crippen LogP contribution in [0.5, 0.6) is 0 Å². The Kier molecular flexibility index (Phi) is 3.43. The Hall–Kier alpha value is -1.20. The van der Waals surface area contributed by atoms with Gasteiger partial charge in [-0.15, -0.1) is 0 Å². The first kappa shape index (κ1) is 11.9. The van der Waals surface area contributed by atoms with Gasteiger partial charge >= 0.3 is 0 Å². The first-order chi connectivity index (χ1) is 8.81. The molecule has 0 radical (unpaired) electrons. The summed E-state index contributed by atoms with van der Waals surface area (Å²) >= 11 is 0. The molecule has 1 N–H and O–H groups in total. The van der Waals surface area contributed by atoms with Crippen LogP contribution in [0, 0.1) is 6.92 Å². The monoisotopic (exact) mass is 248 g/mol. The summed E-state index contributed by atoms with van der Waals surface area (Å²) in [6, 6.07) is 3.30. The van der Waals surface area contributed by atoms with E-state index in [2.05, 4.69) is 20.2 Å². The van der Waals surface area contributed by atoms with Gasteiger partial charge in [-0.3, -0.25) is 4.90 Å². The Morgan fingerprint density at radius 3 is 2.78 bits per heavy atom. The highest BCUT2D eigenvalue weighted by Gasteiger charge is 2.34. The zero-order valence-corrected chi connectivity index (χ0v) is 10.8. The van der Waals surface area contributed by atoms with Crippen LogP contribution in [0.3, 0.4) is 0 Å². The van der Waals surface area contributed by atoms with Crippen molar-refractivity contribution in [3.63, 3.8) is 0 Å². The second-order valence-electron chi connectivity index (χ2n) is 5.16. The SMILES string of the molecule is Cc1cc(N[C@H]2C[C@@H](N3CCOCC3)C2)ncn1. The van der Waals surface area contributed by atoms with E-state index in [-0.39, 0.29) is 0 Å². The number of morpholine rings is 1. The molecule has 1 aliphatic carbocycles. The Balaban J connectivity index is 1.47. The molecule has 1 aromatic heterocycles. The maximum atomic E-state index is 5.38. The van der Waals surface area contributed by atoms with Gasteiger partial charge in [0.1, 0.15) is 12.1 Å². The molecular formula is C13H20N4O. The lowest BCUT2D eigenvalue weighted by Gasteiger charge is -2.44. The fourth-order valence-electron chi connectivity index (χ4n) is 2.69. The molecule has 2 aliphatic rings. The topological polar surface area (TPSA) is 50.3 Å². The molecule has 3 rings (SSSR count). The fraction of sp³-hybridized carbons (Fsp3) is 0.692. The molecular weight excluding hydrogens is 228 g/mol. The van der Waals surface area contributed by atoms with Gasteiger partial charge in [-0.1, -0.05) is 0 Å². The number of aromatic nitrogens is 2. The van der Waals surface area contributed by atoms with Gasteiger partial charge in [-0.2, -0.15) is 0 Å². The molecule has 5 heteroatoms. The van der Waals surface area contributed by atoms with Crippen LogP contribution in [0.1, 0.15) is 18.5 Å². The number of hydrogen-bond acceptors (Lipinski definition) is 5. The summed E-state index contributed by atoms with van der Waals surface area (Å²) in [6.07, 6.45) is 4.04. The molecule has 1 aromatic rings. The number of rotatable bonds is 3. The van der Waals surface area contributed by atoms with Gasteiger partial charge in [0, 0.05) is 36.9 Å². The average Bonchev–Trinajstić information content (AvgIpc) is 2.34. The summed E-state index contributed by atoms with van der Waals surface area (Å²) in [4.78, 5) is 10.9. The van der Waals surface area contributed by atoms with Crippen LogP contribution in [-0.2, 0) is 4.74 Å². The van der Waals surface area contributed by atoms with E-state index >= 15 is 0 Å². The third kappa shape index (κ3) is 2.62. The maximum Gasteiger partial charge on any atom is 0.129 e. The van der Waals surface area contributed by atoms with Crippen LogP contribution in [0.25, 0.3) is 0 Å². The predicted octanol–water partition coefficient (Wildman–Crippen LogP) is 1.06. The molecule has 2 heterocycles. The van der Waals surface area contributed by atoms with Crippen molar-refractivity contribution < 1.29 is 4.74 Å². The molecule has 0 atom stereocenters. The minimum atomic E-state index is 0.562. The van der Waals surface area contributed by atoms with E-state index in [0.717, 1.165) is 43.9 Å². The normalized spacial score (nSPS) is 28.7. The van der Waals surface area contributed by atoms with Crippen LogP contribution in [0.15, 0.2) is 12.4 Å². The van der Waals surface area contributed by atoms with E-state index in [9.17, 15) is 0 Å². The van der Waals surface area contributed by atoms with Crippen LogP contribution >= 0.6 is 0 Å². The van der Waals surface area contributed by atoms with E-state index in [1.807, 2.05) is 13.0 Å². The zero-order chi connectivity index (χ0) is 12.4. The Bertz CT molecular complexity index is 400. The molecule has 0 aromatic carbocycles. The van der Waals surface area contributed by atoms with Crippen molar-refractivity contribution in [2.75, 3.05) is 31.6 Å². The Morgan fingerprint density at radius 1 is 1.28 bits per heavy atom. The number of nitrogens with one attached hydrogen (secondary N) is 1. The van der Waals surface area contributed by atoms with Gasteiger partial charge in [0.2, 0.25) is 0 Å². The lowest BCUT2D eigenvalue weighted by atomic mass is 9.85. The molecule has 1 saturated carbocycles. The van der Waals surface area contributed by atoms with Crippen molar-refractivity contribution in [3.05, 3.63) is 18.1 Å².